The van der Waals surface area contributed by atoms with Gasteiger partial charge in [0.1, 0.15) is 11.3 Å². The van der Waals surface area contributed by atoms with Gasteiger partial charge in [-0.15, -0.1) is 0 Å². The summed E-state index contributed by atoms with van der Waals surface area (Å²) in [5.74, 6) is -1.46. The smallest absolute Gasteiger partial charge is 0.244 e. The Morgan fingerprint density at radius 2 is 1.95 bits per heavy atom. The number of hydrogen-bond acceptors (Lipinski definition) is 7. The Labute approximate surface area is 152 Å². The number of likely N-dealkylation sites (tertiary alicyclic amines) is 1. The molecule has 3 atom stereocenters. The first kappa shape index (κ1) is 19.9. The van der Waals surface area contributed by atoms with E-state index in [0.29, 0.717) is 0 Å². The Kier molecular flexibility index (Phi) is 8.35. The number of imide groups is 1. The van der Waals surface area contributed by atoms with Crippen LogP contribution in [0.2, 0.25) is 0 Å². The molecule has 1 aliphatic rings. The highest BCUT2D eigenvalue weighted by Gasteiger charge is 2.43. The lowest BCUT2D eigenvalue weighted by Gasteiger charge is -2.24. The zero-order valence-electron chi connectivity index (χ0n) is 12.1. The number of halogens is 1. The van der Waals surface area contributed by atoms with Gasteiger partial charge in [-0.2, -0.15) is 0 Å². The average molecular weight is 477 g/mol. The second-order valence-corrected chi connectivity index (χ2v) is 11.5. The van der Waals surface area contributed by atoms with E-state index in [9.17, 15) is 19.2 Å². The maximum absolute atomic E-state index is 12.2. The SMILES string of the molecule is CC(=O)NC(C)NC(=O)C(C)N1C(=O)CC(SSSI)C1=O. The molecule has 0 radical (unpaired) electrons. The summed E-state index contributed by atoms with van der Waals surface area (Å²) in [5.41, 5.74) is 0. The van der Waals surface area contributed by atoms with Gasteiger partial charge in [0, 0.05) is 34.6 Å². The summed E-state index contributed by atoms with van der Waals surface area (Å²) in [6.45, 7) is 4.44. The topological polar surface area (TPSA) is 95.6 Å². The summed E-state index contributed by atoms with van der Waals surface area (Å²) in [4.78, 5) is 48.3. The molecule has 0 saturated carbocycles. The van der Waals surface area contributed by atoms with Crippen LogP contribution >= 0.6 is 49.8 Å². The average Bonchev–Trinajstić information content (AvgIpc) is 2.69. The number of carbonyl (C=O) groups excluding carboxylic acids is 4. The first-order valence-electron chi connectivity index (χ1n) is 6.32. The second-order valence-electron chi connectivity index (χ2n) is 4.63. The Morgan fingerprint density at radius 3 is 2.50 bits per heavy atom. The zero-order chi connectivity index (χ0) is 16.9. The summed E-state index contributed by atoms with van der Waals surface area (Å²) in [7, 11) is 4.22. The number of amides is 4. The van der Waals surface area contributed by atoms with Crippen LogP contribution in [-0.4, -0.2) is 46.0 Å². The van der Waals surface area contributed by atoms with Crippen molar-refractivity contribution in [1.82, 2.24) is 15.5 Å². The summed E-state index contributed by atoms with van der Waals surface area (Å²) in [5, 5.41) is 4.60. The number of hydrogen-bond donors (Lipinski definition) is 2. The van der Waals surface area contributed by atoms with Gasteiger partial charge in [0.15, 0.2) is 0 Å². The summed E-state index contributed by atoms with van der Waals surface area (Å²) < 4.78 is 0. The molecule has 1 saturated heterocycles. The van der Waals surface area contributed by atoms with Crippen molar-refractivity contribution in [3.63, 3.8) is 0 Å². The number of rotatable bonds is 7. The highest BCUT2D eigenvalue weighted by Crippen LogP contribution is 2.44. The Balaban J connectivity index is 2.65. The lowest BCUT2D eigenvalue weighted by atomic mass is 10.2. The first-order chi connectivity index (χ1) is 10.3. The van der Waals surface area contributed by atoms with E-state index in [2.05, 4.69) is 31.8 Å². The van der Waals surface area contributed by atoms with Crippen LogP contribution in [0.5, 0.6) is 0 Å². The summed E-state index contributed by atoms with van der Waals surface area (Å²) in [6.07, 6.45) is -0.469. The molecule has 4 amide bonds. The molecule has 124 valence electrons. The van der Waals surface area contributed by atoms with E-state index in [1.54, 1.807) is 6.92 Å². The molecule has 0 aromatic carbocycles. The lowest BCUT2D eigenvalue weighted by Crippen LogP contribution is -2.53. The van der Waals surface area contributed by atoms with Crippen molar-refractivity contribution in [2.45, 2.75) is 44.6 Å². The van der Waals surface area contributed by atoms with Gasteiger partial charge in [-0.25, -0.2) is 0 Å². The van der Waals surface area contributed by atoms with E-state index in [4.69, 9.17) is 0 Å². The third-order valence-electron chi connectivity index (χ3n) is 2.87. The Hall–Kier alpha value is -0.140. The molecule has 3 unspecified atom stereocenters. The molecule has 7 nitrogen and oxygen atoms in total. The van der Waals surface area contributed by atoms with Crippen molar-refractivity contribution in [3.05, 3.63) is 0 Å². The molecule has 1 fully saturated rings. The predicted molar refractivity (Wildman–Crippen MR) is 97.9 cm³/mol. The van der Waals surface area contributed by atoms with Gasteiger partial charge in [0.2, 0.25) is 23.6 Å². The molecule has 0 aromatic heterocycles. The zero-order valence-corrected chi connectivity index (χ0v) is 16.7. The molecule has 0 aliphatic carbocycles. The summed E-state index contributed by atoms with van der Waals surface area (Å²) in [6, 6.07) is -0.904. The van der Waals surface area contributed by atoms with Crippen LogP contribution in [0.15, 0.2) is 0 Å². The molecule has 11 heteroatoms. The number of nitrogens with one attached hydrogen (secondary N) is 2. The normalized spacial score (nSPS) is 20.7. The molecule has 1 heterocycles. The van der Waals surface area contributed by atoms with E-state index in [-0.39, 0.29) is 24.1 Å². The highest BCUT2D eigenvalue weighted by molar-refractivity contribution is 14.2. The molecular weight excluding hydrogens is 461 g/mol. The monoisotopic (exact) mass is 477 g/mol. The van der Waals surface area contributed by atoms with E-state index in [1.807, 2.05) is 0 Å². The third-order valence-corrected chi connectivity index (χ3v) is 9.82. The van der Waals surface area contributed by atoms with Gasteiger partial charge < -0.3 is 10.6 Å². The van der Waals surface area contributed by atoms with E-state index in [0.717, 1.165) is 4.90 Å². The van der Waals surface area contributed by atoms with Crippen molar-refractivity contribution in [2.75, 3.05) is 0 Å². The fourth-order valence-corrected chi connectivity index (χ4v) is 6.72. The van der Waals surface area contributed by atoms with Crippen LogP contribution in [0.3, 0.4) is 0 Å². The molecule has 22 heavy (non-hydrogen) atoms. The largest absolute Gasteiger partial charge is 0.337 e. The standard InChI is InChI=1S/C11H16IN3O4S3/c1-5(10(18)14-6(2)13-7(3)16)15-9(17)4-8(11(15)19)20-22-21-12/h5-6,8H,4H2,1-3H3,(H,13,16)(H,14,18). The maximum atomic E-state index is 12.2. The van der Waals surface area contributed by atoms with Crippen LogP contribution in [0.25, 0.3) is 0 Å². The van der Waals surface area contributed by atoms with E-state index < -0.39 is 23.4 Å². The van der Waals surface area contributed by atoms with Gasteiger partial charge in [0.25, 0.3) is 0 Å². The van der Waals surface area contributed by atoms with E-state index in [1.165, 1.54) is 42.4 Å². The van der Waals surface area contributed by atoms with Crippen molar-refractivity contribution >= 4 is 73.4 Å². The van der Waals surface area contributed by atoms with Crippen molar-refractivity contribution in [1.29, 1.82) is 0 Å². The predicted octanol–water partition coefficient (Wildman–Crippen LogP) is 1.48. The fourth-order valence-electron chi connectivity index (χ4n) is 1.96. The van der Waals surface area contributed by atoms with Crippen molar-refractivity contribution in [3.8, 4) is 0 Å². The minimum atomic E-state index is -0.904. The van der Waals surface area contributed by atoms with Crippen LogP contribution < -0.4 is 10.6 Å². The minimum absolute atomic E-state index is 0.104. The molecule has 1 rings (SSSR count). The molecule has 2 N–H and O–H groups in total. The van der Waals surface area contributed by atoms with Gasteiger partial charge in [0.05, 0.1) is 6.17 Å². The van der Waals surface area contributed by atoms with Gasteiger partial charge in [-0.3, -0.25) is 24.1 Å². The molecule has 0 aromatic rings. The quantitative estimate of drug-likeness (QED) is 0.248. The minimum Gasteiger partial charge on any atom is -0.337 e. The Morgan fingerprint density at radius 1 is 1.32 bits per heavy atom. The molecule has 0 spiro atoms. The molecular formula is C11H16IN3O4S3. The second kappa shape index (κ2) is 9.23. The highest BCUT2D eigenvalue weighted by atomic mass is 127. The van der Waals surface area contributed by atoms with Crippen molar-refractivity contribution in [2.24, 2.45) is 0 Å². The van der Waals surface area contributed by atoms with Crippen LogP contribution in [0.4, 0.5) is 0 Å². The van der Waals surface area contributed by atoms with E-state index >= 15 is 0 Å². The van der Waals surface area contributed by atoms with Gasteiger partial charge in [-0.05, 0) is 31.6 Å². The fraction of sp³-hybridized carbons (Fsp3) is 0.636. The number of carbonyl (C=O) groups is 4. The van der Waals surface area contributed by atoms with Crippen LogP contribution in [0.1, 0.15) is 27.2 Å². The van der Waals surface area contributed by atoms with Crippen LogP contribution in [-0.2, 0) is 19.2 Å². The third kappa shape index (κ3) is 5.49. The summed E-state index contributed by atoms with van der Waals surface area (Å²) >= 11 is 2.09. The number of nitrogens with zero attached hydrogens (tertiary/aromatic N) is 1. The first-order valence-corrected chi connectivity index (χ1v) is 12.4. The Bertz CT molecular complexity index is 479. The lowest BCUT2D eigenvalue weighted by molar-refractivity contribution is -0.146. The molecule has 0 bridgehead atoms. The van der Waals surface area contributed by atoms with Gasteiger partial charge in [-0.1, -0.05) is 10.8 Å². The maximum Gasteiger partial charge on any atom is 0.244 e. The van der Waals surface area contributed by atoms with Crippen LogP contribution in [0, 0.1) is 0 Å². The molecule has 1 aliphatic heterocycles. The van der Waals surface area contributed by atoms with Crippen molar-refractivity contribution < 1.29 is 19.2 Å². The van der Waals surface area contributed by atoms with Gasteiger partial charge >= 0.3 is 0 Å².